The molecule has 0 aromatic carbocycles. The summed E-state index contributed by atoms with van der Waals surface area (Å²) in [6, 6.07) is 0. The highest BCUT2D eigenvalue weighted by Gasteiger charge is 2.17. The average Bonchev–Trinajstić information content (AvgIpc) is 2.91. The van der Waals surface area contributed by atoms with Crippen LogP contribution in [0.3, 0.4) is 0 Å². The van der Waals surface area contributed by atoms with E-state index in [1.165, 1.54) is 0 Å². The summed E-state index contributed by atoms with van der Waals surface area (Å²) in [6.45, 7) is 2.33. The number of nitrogens with two attached hydrogens (primary N) is 1. The predicted molar refractivity (Wildman–Crippen MR) is 88.6 cm³/mol. The second-order valence-electron chi connectivity index (χ2n) is 4.87. The quantitative estimate of drug-likeness (QED) is 0.692. The van der Waals surface area contributed by atoms with Crippen molar-refractivity contribution in [3.8, 4) is 11.5 Å². The second kappa shape index (κ2) is 5.99. The first-order chi connectivity index (χ1) is 11.0. The van der Waals surface area contributed by atoms with Crippen molar-refractivity contribution in [3.05, 3.63) is 28.4 Å². The Morgan fingerprint density at radius 1 is 1.17 bits per heavy atom. The molecule has 2 N–H and O–H groups in total. The first-order valence-electron chi connectivity index (χ1n) is 6.75. The molecule has 23 heavy (non-hydrogen) atoms. The number of aromatic nitrogens is 5. The molecule has 0 radical (unpaired) electrons. The van der Waals surface area contributed by atoms with Crippen molar-refractivity contribution in [2.75, 3.05) is 20.0 Å². The van der Waals surface area contributed by atoms with E-state index in [4.69, 9.17) is 15.2 Å². The van der Waals surface area contributed by atoms with E-state index < -0.39 is 0 Å². The summed E-state index contributed by atoms with van der Waals surface area (Å²) < 4.78 is 13.3. The normalized spacial score (nSPS) is 11.0. The zero-order valence-corrected chi connectivity index (χ0v) is 14.5. The van der Waals surface area contributed by atoms with Gasteiger partial charge in [0.25, 0.3) is 0 Å². The maximum Gasteiger partial charge on any atom is 0.223 e. The van der Waals surface area contributed by atoms with Crippen LogP contribution in [-0.2, 0) is 6.54 Å². The standard InChI is InChI=1S/C14H15BrN6O2/c1-7-4-17-8(11(23-3)10(7)22-2)5-21-6-18-9-12(15)19-14(16)20-13(9)21/h4,6H,5H2,1-3H3,(H2,16,19,20). The molecule has 0 fully saturated rings. The molecule has 3 aromatic rings. The Bertz CT molecular complexity index is 879. The molecular weight excluding hydrogens is 364 g/mol. The Hall–Kier alpha value is -2.42. The fraction of sp³-hybridized carbons (Fsp3) is 0.286. The Morgan fingerprint density at radius 3 is 2.61 bits per heavy atom. The molecule has 0 bridgehead atoms. The first kappa shape index (κ1) is 15.5. The zero-order chi connectivity index (χ0) is 16.6. The molecule has 0 spiro atoms. The van der Waals surface area contributed by atoms with Crippen molar-refractivity contribution in [1.82, 2.24) is 24.5 Å². The maximum absolute atomic E-state index is 5.71. The number of hydrogen-bond acceptors (Lipinski definition) is 7. The molecular formula is C14H15BrN6O2. The molecule has 9 heteroatoms. The lowest BCUT2D eigenvalue weighted by Crippen LogP contribution is -2.07. The molecule has 0 unspecified atom stereocenters. The minimum Gasteiger partial charge on any atom is -0.492 e. The van der Waals surface area contributed by atoms with Gasteiger partial charge in [0, 0.05) is 11.8 Å². The molecule has 3 rings (SSSR count). The highest BCUT2D eigenvalue weighted by molar-refractivity contribution is 9.10. The van der Waals surface area contributed by atoms with Crippen LogP contribution in [0.5, 0.6) is 11.5 Å². The van der Waals surface area contributed by atoms with Gasteiger partial charge in [-0.2, -0.15) is 4.98 Å². The molecule has 8 nitrogen and oxygen atoms in total. The fourth-order valence-electron chi connectivity index (χ4n) is 2.38. The Balaban J connectivity index is 2.10. The van der Waals surface area contributed by atoms with E-state index in [0.717, 1.165) is 5.56 Å². The maximum atomic E-state index is 5.71. The van der Waals surface area contributed by atoms with E-state index in [0.29, 0.717) is 39.5 Å². The molecule has 120 valence electrons. The summed E-state index contributed by atoms with van der Waals surface area (Å²) in [5, 5.41) is 0. The molecule has 3 aromatic heterocycles. The van der Waals surface area contributed by atoms with Crippen molar-refractivity contribution >= 4 is 33.0 Å². The predicted octanol–water partition coefficient (Wildman–Crippen LogP) is 1.94. The van der Waals surface area contributed by atoms with Crippen LogP contribution >= 0.6 is 15.9 Å². The lowest BCUT2D eigenvalue weighted by Gasteiger charge is -2.14. The van der Waals surface area contributed by atoms with Gasteiger partial charge in [-0.1, -0.05) is 0 Å². The van der Waals surface area contributed by atoms with Gasteiger partial charge < -0.3 is 19.8 Å². The number of nitrogens with zero attached hydrogens (tertiary/aromatic N) is 5. The summed E-state index contributed by atoms with van der Waals surface area (Å²) in [7, 11) is 3.19. The Morgan fingerprint density at radius 2 is 1.91 bits per heavy atom. The van der Waals surface area contributed by atoms with Crippen LogP contribution in [0.1, 0.15) is 11.3 Å². The molecule has 0 amide bonds. The molecule has 0 aliphatic rings. The zero-order valence-electron chi connectivity index (χ0n) is 12.9. The summed E-state index contributed by atoms with van der Waals surface area (Å²) in [5.41, 5.74) is 8.58. The van der Waals surface area contributed by atoms with Gasteiger partial charge in [-0.25, -0.2) is 9.97 Å². The monoisotopic (exact) mass is 378 g/mol. The van der Waals surface area contributed by atoms with E-state index in [-0.39, 0.29) is 5.95 Å². The third-order valence-electron chi connectivity index (χ3n) is 3.41. The SMILES string of the molecule is COc1c(C)cnc(Cn2cnc3c(Br)nc(N)nc32)c1OC. The molecule has 0 saturated heterocycles. The van der Waals surface area contributed by atoms with Crippen molar-refractivity contribution in [2.45, 2.75) is 13.5 Å². The summed E-state index contributed by atoms with van der Waals surface area (Å²) >= 11 is 3.34. The van der Waals surface area contributed by atoms with Crippen LogP contribution in [0.25, 0.3) is 11.2 Å². The number of aryl methyl sites for hydroxylation is 1. The van der Waals surface area contributed by atoms with E-state index in [1.54, 1.807) is 26.7 Å². The third-order valence-corrected chi connectivity index (χ3v) is 3.96. The average molecular weight is 379 g/mol. The number of methoxy groups -OCH3 is 2. The summed E-state index contributed by atoms with van der Waals surface area (Å²) in [4.78, 5) is 17.0. The van der Waals surface area contributed by atoms with Gasteiger partial charge >= 0.3 is 0 Å². The van der Waals surface area contributed by atoms with E-state index in [9.17, 15) is 0 Å². The number of fused-ring (bicyclic) bond motifs is 1. The molecule has 0 saturated carbocycles. The number of halogens is 1. The first-order valence-corrected chi connectivity index (χ1v) is 7.54. The van der Waals surface area contributed by atoms with Gasteiger partial charge in [0.05, 0.1) is 27.1 Å². The highest BCUT2D eigenvalue weighted by atomic mass is 79.9. The second-order valence-corrected chi connectivity index (χ2v) is 5.62. The Kier molecular flexibility index (Phi) is 4.03. The minimum absolute atomic E-state index is 0.174. The van der Waals surface area contributed by atoms with Gasteiger partial charge in [0.1, 0.15) is 15.8 Å². The molecule has 0 aliphatic carbocycles. The van der Waals surface area contributed by atoms with Crippen LogP contribution in [0, 0.1) is 6.92 Å². The van der Waals surface area contributed by atoms with Crippen molar-refractivity contribution < 1.29 is 9.47 Å². The lowest BCUT2D eigenvalue weighted by atomic mass is 10.2. The Labute approximate surface area is 140 Å². The van der Waals surface area contributed by atoms with Gasteiger partial charge in [-0.3, -0.25) is 4.98 Å². The minimum atomic E-state index is 0.174. The largest absolute Gasteiger partial charge is 0.492 e. The third kappa shape index (κ3) is 2.67. The molecule has 3 heterocycles. The number of pyridine rings is 1. The van der Waals surface area contributed by atoms with E-state index in [2.05, 4.69) is 35.9 Å². The molecule has 0 aliphatic heterocycles. The van der Waals surface area contributed by atoms with Crippen LogP contribution in [-0.4, -0.2) is 38.7 Å². The van der Waals surface area contributed by atoms with E-state index >= 15 is 0 Å². The molecule has 0 atom stereocenters. The van der Waals surface area contributed by atoms with Crippen molar-refractivity contribution in [2.24, 2.45) is 0 Å². The highest BCUT2D eigenvalue weighted by Crippen LogP contribution is 2.33. The number of rotatable bonds is 4. The number of anilines is 1. The number of hydrogen-bond donors (Lipinski definition) is 1. The summed E-state index contributed by atoms with van der Waals surface area (Å²) in [5.74, 6) is 1.43. The topological polar surface area (TPSA) is 101 Å². The van der Waals surface area contributed by atoms with Gasteiger partial charge in [-0.05, 0) is 22.9 Å². The van der Waals surface area contributed by atoms with Crippen molar-refractivity contribution in [3.63, 3.8) is 0 Å². The summed E-state index contributed by atoms with van der Waals surface area (Å²) in [6.07, 6.45) is 3.41. The van der Waals surface area contributed by atoms with Crippen LogP contribution < -0.4 is 15.2 Å². The van der Waals surface area contributed by atoms with Crippen LogP contribution in [0.2, 0.25) is 0 Å². The number of nitrogen functional groups attached to an aromatic ring is 1. The van der Waals surface area contributed by atoms with Crippen molar-refractivity contribution in [1.29, 1.82) is 0 Å². The lowest BCUT2D eigenvalue weighted by molar-refractivity contribution is 0.346. The van der Waals surface area contributed by atoms with Gasteiger partial charge in [0.2, 0.25) is 5.95 Å². The smallest absolute Gasteiger partial charge is 0.223 e. The number of ether oxygens (including phenoxy) is 2. The van der Waals surface area contributed by atoms with Crippen LogP contribution in [0.15, 0.2) is 17.1 Å². The van der Waals surface area contributed by atoms with E-state index in [1.807, 2.05) is 11.5 Å². The van der Waals surface area contributed by atoms with Gasteiger partial charge in [-0.15, -0.1) is 0 Å². The fourth-order valence-corrected chi connectivity index (χ4v) is 2.84. The number of imidazole rings is 1. The van der Waals surface area contributed by atoms with Gasteiger partial charge in [0.15, 0.2) is 17.1 Å². The van der Waals surface area contributed by atoms with Crippen LogP contribution in [0.4, 0.5) is 5.95 Å².